The summed E-state index contributed by atoms with van der Waals surface area (Å²) >= 11 is 5.90. The van der Waals surface area contributed by atoms with Gasteiger partial charge in [0.05, 0.1) is 27.4 Å². The van der Waals surface area contributed by atoms with E-state index in [0.29, 0.717) is 29.9 Å². The molecule has 0 saturated carbocycles. The van der Waals surface area contributed by atoms with Gasteiger partial charge in [-0.05, 0) is 55.3 Å². The van der Waals surface area contributed by atoms with Gasteiger partial charge >= 0.3 is 12.1 Å². The largest absolute Gasteiger partial charge is 0.478 e. The van der Waals surface area contributed by atoms with Crippen LogP contribution < -0.4 is 10.6 Å². The number of nitrogens with one attached hydrogen (secondary N) is 2. The van der Waals surface area contributed by atoms with Crippen molar-refractivity contribution in [3.63, 3.8) is 0 Å². The van der Waals surface area contributed by atoms with Crippen molar-refractivity contribution >= 4 is 29.2 Å². The predicted octanol–water partition coefficient (Wildman–Crippen LogP) is 5.46. The van der Waals surface area contributed by atoms with Crippen LogP contribution in [0.25, 0.3) is 0 Å². The van der Waals surface area contributed by atoms with E-state index in [-0.39, 0.29) is 10.6 Å². The lowest BCUT2D eigenvalue weighted by molar-refractivity contribution is -0.137. The minimum absolute atomic E-state index is 0.112. The van der Waals surface area contributed by atoms with E-state index in [1.165, 1.54) is 18.2 Å². The third kappa shape index (κ3) is 4.83. The molecule has 0 fully saturated rings. The Balaban J connectivity index is 1.88. The Morgan fingerprint density at radius 2 is 1.77 bits per heavy atom. The van der Waals surface area contributed by atoms with Gasteiger partial charge in [0.2, 0.25) is 0 Å². The predicted molar refractivity (Wildman–Crippen MR) is 106 cm³/mol. The number of hydrogen-bond acceptors (Lipinski definition) is 3. The highest BCUT2D eigenvalue weighted by Crippen LogP contribution is 2.35. The third-order valence-corrected chi connectivity index (χ3v) is 4.71. The number of allylic oxidation sites excluding steroid dienone is 3. The first-order valence-corrected chi connectivity index (χ1v) is 9.21. The van der Waals surface area contributed by atoms with Crippen molar-refractivity contribution in [1.29, 1.82) is 0 Å². The topological polar surface area (TPSA) is 78.4 Å². The summed E-state index contributed by atoms with van der Waals surface area (Å²) in [7, 11) is 0. The van der Waals surface area contributed by atoms with Crippen LogP contribution in [0.3, 0.4) is 0 Å². The van der Waals surface area contributed by atoms with Gasteiger partial charge in [-0.1, -0.05) is 23.7 Å². The maximum atomic E-state index is 13.3. The van der Waals surface area contributed by atoms with Crippen LogP contribution in [-0.2, 0) is 6.18 Å². The van der Waals surface area contributed by atoms with Crippen molar-refractivity contribution in [3.8, 4) is 0 Å². The summed E-state index contributed by atoms with van der Waals surface area (Å²) in [4.78, 5) is 23.6. The highest BCUT2D eigenvalue weighted by atomic mass is 35.5. The Labute approximate surface area is 174 Å². The molecular formula is C21H16ClF3N2O3. The summed E-state index contributed by atoms with van der Waals surface area (Å²) in [6, 6.07) is 9.09. The number of halogens is 4. The lowest BCUT2D eigenvalue weighted by Crippen LogP contribution is -2.28. The molecule has 0 aromatic heterocycles. The number of carbonyl (C=O) groups excluding carboxylic acids is 1. The quantitative estimate of drug-likeness (QED) is 0.581. The van der Waals surface area contributed by atoms with Gasteiger partial charge in [-0.3, -0.25) is 4.79 Å². The van der Waals surface area contributed by atoms with E-state index in [0.717, 1.165) is 12.1 Å². The molecule has 0 aliphatic heterocycles. The normalized spacial score (nSPS) is 13.9. The number of carbonyl (C=O) groups is 2. The minimum atomic E-state index is -4.73. The summed E-state index contributed by atoms with van der Waals surface area (Å²) in [6.45, 7) is 0. The van der Waals surface area contributed by atoms with E-state index in [1.54, 1.807) is 18.2 Å². The molecule has 1 amide bonds. The SMILES string of the molecule is O=C(O)c1ccc(NC2=C(NC(=O)c3c(Cl)cccc3C(F)(F)F)CCC=C2)cc1. The fraction of sp³-hybridized carbons (Fsp3) is 0.143. The monoisotopic (exact) mass is 436 g/mol. The van der Waals surface area contributed by atoms with E-state index in [9.17, 15) is 22.8 Å². The number of carboxylic acids is 1. The molecule has 5 nitrogen and oxygen atoms in total. The number of anilines is 1. The van der Waals surface area contributed by atoms with Crippen LogP contribution in [0.5, 0.6) is 0 Å². The number of amides is 1. The molecule has 1 aliphatic rings. The minimum Gasteiger partial charge on any atom is -0.478 e. The molecule has 2 aromatic rings. The molecule has 2 aromatic carbocycles. The Kier molecular flexibility index (Phi) is 6.17. The lowest BCUT2D eigenvalue weighted by atomic mass is 10.0. The Morgan fingerprint density at radius 3 is 2.40 bits per heavy atom. The molecule has 0 radical (unpaired) electrons. The van der Waals surface area contributed by atoms with E-state index in [2.05, 4.69) is 10.6 Å². The first kappa shape index (κ1) is 21.4. The van der Waals surface area contributed by atoms with Crippen LogP contribution in [0.4, 0.5) is 18.9 Å². The molecule has 1 aliphatic carbocycles. The molecule has 156 valence electrons. The van der Waals surface area contributed by atoms with Crippen molar-refractivity contribution in [2.45, 2.75) is 19.0 Å². The molecule has 0 saturated heterocycles. The van der Waals surface area contributed by atoms with Gasteiger partial charge in [0, 0.05) is 11.4 Å². The van der Waals surface area contributed by atoms with E-state index >= 15 is 0 Å². The second-order valence-electron chi connectivity index (χ2n) is 6.46. The van der Waals surface area contributed by atoms with Crippen LogP contribution in [0, 0.1) is 0 Å². The molecule has 0 spiro atoms. The summed E-state index contributed by atoms with van der Waals surface area (Å²) in [5, 5.41) is 14.3. The molecule has 0 heterocycles. The van der Waals surface area contributed by atoms with Gasteiger partial charge in [-0.25, -0.2) is 4.79 Å². The Morgan fingerprint density at radius 1 is 1.07 bits per heavy atom. The zero-order valence-corrected chi connectivity index (χ0v) is 16.1. The fourth-order valence-electron chi connectivity index (χ4n) is 2.95. The molecule has 9 heteroatoms. The summed E-state index contributed by atoms with van der Waals surface area (Å²) < 4.78 is 39.9. The van der Waals surface area contributed by atoms with Gasteiger partial charge in [0.25, 0.3) is 5.91 Å². The second kappa shape index (κ2) is 8.62. The van der Waals surface area contributed by atoms with Crippen molar-refractivity contribution in [2.75, 3.05) is 5.32 Å². The van der Waals surface area contributed by atoms with Gasteiger partial charge in [-0.2, -0.15) is 13.2 Å². The van der Waals surface area contributed by atoms with Crippen LogP contribution >= 0.6 is 11.6 Å². The molecular weight excluding hydrogens is 421 g/mol. The highest BCUT2D eigenvalue weighted by molar-refractivity contribution is 6.34. The third-order valence-electron chi connectivity index (χ3n) is 4.39. The Bertz CT molecular complexity index is 1040. The average Bonchev–Trinajstić information content (AvgIpc) is 2.69. The number of alkyl halides is 3. The van der Waals surface area contributed by atoms with E-state index in [1.807, 2.05) is 6.08 Å². The highest BCUT2D eigenvalue weighted by Gasteiger charge is 2.36. The first-order chi connectivity index (χ1) is 14.2. The number of carboxylic acid groups (broad SMARTS) is 1. The van der Waals surface area contributed by atoms with E-state index < -0.39 is 29.2 Å². The van der Waals surface area contributed by atoms with Gasteiger partial charge < -0.3 is 15.7 Å². The standard InChI is InChI=1S/C21H16ClF3N2O3/c22-15-5-3-4-14(21(23,24)25)18(15)19(28)27-17-7-2-1-6-16(17)26-13-10-8-12(9-11-13)20(29)30/h1,3-6,8-11,26H,2,7H2,(H,27,28)(H,29,30). The Hall–Kier alpha value is -3.26. The van der Waals surface area contributed by atoms with Crippen LogP contribution in [0.1, 0.15) is 39.1 Å². The maximum Gasteiger partial charge on any atom is 0.417 e. The smallest absolute Gasteiger partial charge is 0.417 e. The number of aromatic carboxylic acids is 1. The molecule has 0 unspecified atom stereocenters. The molecule has 3 rings (SSSR count). The maximum absolute atomic E-state index is 13.3. The van der Waals surface area contributed by atoms with Crippen molar-refractivity contribution < 1.29 is 27.9 Å². The zero-order valence-electron chi connectivity index (χ0n) is 15.4. The van der Waals surface area contributed by atoms with Crippen LogP contribution in [-0.4, -0.2) is 17.0 Å². The molecule has 0 bridgehead atoms. The number of rotatable bonds is 5. The summed E-state index contributed by atoms with van der Waals surface area (Å²) in [5.41, 5.74) is -0.198. The fourth-order valence-corrected chi connectivity index (χ4v) is 3.21. The summed E-state index contributed by atoms with van der Waals surface area (Å²) in [5.74, 6) is -2.02. The van der Waals surface area contributed by atoms with Gasteiger partial charge in [0.1, 0.15) is 0 Å². The molecule has 3 N–H and O–H groups in total. The van der Waals surface area contributed by atoms with Gasteiger partial charge in [-0.15, -0.1) is 0 Å². The van der Waals surface area contributed by atoms with Crippen molar-refractivity contribution in [3.05, 3.63) is 87.7 Å². The van der Waals surface area contributed by atoms with E-state index in [4.69, 9.17) is 16.7 Å². The average molecular weight is 437 g/mol. The zero-order chi connectivity index (χ0) is 21.9. The van der Waals surface area contributed by atoms with Crippen LogP contribution in [0.15, 0.2) is 66.0 Å². The number of hydrogen-bond donors (Lipinski definition) is 3. The van der Waals surface area contributed by atoms with Crippen molar-refractivity contribution in [2.24, 2.45) is 0 Å². The summed E-state index contributed by atoms with van der Waals surface area (Å²) in [6.07, 6.45) is -0.204. The van der Waals surface area contributed by atoms with Crippen molar-refractivity contribution in [1.82, 2.24) is 5.32 Å². The molecule has 30 heavy (non-hydrogen) atoms. The second-order valence-corrected chi connectivity index (χ2v) is 6.86. The van der Waals surface area contributed by atoms with Crippen LogP contribution in [0.2, 0.25) is 5.02 Å². The molecule has 0 atom stereocenters. The first-order valence-electron chi connectivity index (χ1n) is 8.84. The lowest BCUT2D eigenvalue weighted by Gasteiger charge is -2.20. The van der Waals surface area contributed by atoms with Gasteiger partial charge in [0.15, 0.2) is 0 Å². The number of benzene rings is 2.